The van der Waals surface area contributed by atoms with Crippen LogP contribution in [-0.4, -0.2) is 20.9 Å². The van der Waals surface area contributed by atoms with Crippen LogP contribution in [0.3, 0.4) is 0 Å². The molecule has 4 heteroatoms. The van der Waals surface area contributed by atoms with E-state index in [0.29, 0.717) is 0 Å². The maximum absolute atomic E-state index is 10.2. The van der Waals surface area contributed by atoms with Crippen LogP contribution in [-0.2, 0) is 17.8 Å². The Kier molecular flexibility index (Phi) is 3.91. The van der Waals surface area contributed by atoms with Crippen molar-refractivity contribution in [1.29, 1.82) is 0 Å². The number of hydrogen-bond donors (Lipinski definition) is 1. The van der Waals surface area contributed by atoms with Crippen molar-refractivity contribution in [1.82, 2.24) is 9.78 Å². The highest BCUT2D eigenvalue weighted by Crippen LogP contribution is 2.02. The topological polar surface area (TPSA) is 55.1 Å². The van der Waals surface area contributed by atoms with Crippen molar-refractivity contribution in [3.8, 4) is 0 Å². The van der Waals surface area contributed by atoms with Gasteiger partial charge in [0.2, 0.25) is 0 Å². The van der Waals surface area contributed by atoms with E-state index < -0.39 is 5.97 Å². The summed E-state index contributed by atoms with van der Waals surface area (Å²) in [6, 6.07) is 0. The van der Waals surface area contributed by atoms with Gasteiger partial charge >= 0.3 is 5.97 Å². The molecule has 0 saturated carbocycles. The Morgan fingerprint density at radius 1 is 1.71 bits per heavy atom. The lowest BCUT2D eigenvalue weighted by molar-refractivity contribution is -0.131. The van der Waals surface area contributed by atoms with E-state index in [1.165, 1.54) is 6.08 Å². The van der Waals surface area contributed by atoms with Crippen LogP contribution in [0.2, 0.25) is 0 Å². The molecule has 14 heavy (non-hydrogen) atoms. The maximum Gasteiger partial charge on any atom is 0.327 e. The zero-order valence-corrected chi connectivity index (χ0v) is 8.18. The summed E-state index contributed by atoms with van der Waals surface area (Å²) in [4.78, 5) is 10.2. The number of carbonyl (C=O) groups is 1. The van der Waals surface area contributed by atoms with Gasteiger partial charge in [-0.25, -0.2) is 4.79 Å². The highest BCUT2D eigenvalue weighted by Gasteiger charge is 1.95. The lowest BCUT2D eigenvalue weighted by Crippen LogP contribution is -1.92. The van der Waals surface area contributed by atoms with E-state index in [0.717, 1.165) is 24.9 Å². The summed E-state index contributed by atoms with van der Waals surface area (Å²) < 4.78 is 1.86. The number of aliphatic carboxylic acids is 1. The molecule has 0 unspecified atom stereocenters. The van der Waals surface area contributed by atoms with Crippen LogP contribution in [0.1, 0.15) is 18.9 Å². The molecule has 0 saturated heterocycles. The van der Waals surface area contributed by atoms with E-state index in [2.05, 4.69) is 5.10 Å². The normalized spacial score (nSPS) is 10.9. The Morgan fingerprint density at radius 2 is 2.50 bits per heavy atom. The van der Waals surface area contributed by atoms with E-state index in [1.807, 2.05) is 24.0 Å². The molecule has 0 spiro atoms. The first kappa shape index (κ1) is 10.5. The molecular formula is C10H14N2O2. The fourth-order valence-electron chi connectivity index (χ4n) is 1.14. The number of hydrogen-bond acceptors (Lipinski definition) is 2. The summed E-state index contributed by atoms with van der Waals surface area (Å²) in [5, 5.41) is 12.5. The monoisotopic (exact) mass is 194 g/mol. The van der Waals surface area contributed by atoms with E-state index in [-0.39, 0.29) is 0 Å². The van der Waals surface area contributed by atoms with Gasteiger partial charge in [0, 0.05) is 18.8 Å². The molecule has 1 rings (SSSR count). The molecule has 1 N–H and O–H groups in total. The third-order valence-electron chi connectivity index (χ3n) is 1.87. The van der Waals surface area contributed by atoms with E-state index in [4.69, 9.17) is 5.11 Å². The first-order chi connectivity index (χ1) is 6.72. The Labute approximate surface area is 82.9 Å². The van der Waals surface area contributed by atoms with E-state index in [9.17, 15) is 4.79 Å². The van der Waals surface area contributed by atoms with Gasteiger partial charge in [-0.1, -0.05) is 6.08 Å². The molecule has 4 nitrogen and oxygen atoms in total. The summed E-state index contributed by atoms with van der Waals surface area (Å²) in [7, 11) is 0. The van der Waals surface area contributed by atoms with Gasteiger partial charge < -0.3 is 5.11 Å². The molecule has 0 radical (unpaired) electrons. The van der Waals surface area contributed by atoms with Crippen LogP contribution in [0.25, 0.3) is 0 Å². The molecule has 0 aliphatic carbocycles. The number of carboxylic acids is 1. The average Bonchev–Trinajstić information content (AvgIpc) is 2.60. The van der Waals surface area contributed by atoms with Gasteiger partial charge in [0.15, 0.2) is 0 Å². The number of aryl methyl sites for hydroxylation is 2. The fourth-order valence-corrected chi connectivity index (χ4v) is 1.14. The van der Waals surface area contributed by atoms with Crippen LogP contribution in [0.15, 0.2) is 24.5 Å². The zero-order chi connectivity index (χ0) is 10.4. The minimum Gasteiger partial charge on any atom is -0.478 e. The maximum atomic E-state index is 10.2. The third kappa shape index (κ3) is 3.43. The van der Waals surface area contributed by atoms with Crippen LogP contribution in [0.4, 0.5) is 0 Å². The van der Waals surface area contributed by atoms with Crippen molar-refractivity contribution in [3.05, 3.63) is 30.1 Å². The number of nitrogens with zero attached hydrogens (tertiary/aromatic N) is 2. The summed E-state index contributed by atoms with van der Waals surface area (Å²) in [6.07, 6.45) is 8.20. The van der Waals surface area contributed by atoms with Gasteiger partial charge in [0.25, 0.3) is 0 Å². The van der Waals surface area contributed by atoms with Crippen LogP contribution >= 0.6 is 0 Å². The van der Waals surface area contributed by atoms with Crippen LogP contribution < -0.4 is 0 Å². The second kappa shape index (κ2) is 5.21. The predicted molar refractivity (Wildman–Crippen MR) is 53.0 cm³/mol. The SMILES string of the molecule is CCn1cc(CCC=CC(=O)O)cn1. The Morgan fingerprint density at radius 3 is 3.07 bits per heavy atom. The molecule has 0 atom stereocenters. The molecule has 0 fully saturated rings. The van der Waals surface area contributed by atoms with Crippen molar-refractivity contribution < 1.29 is 9.90 Å². The van der Waals surface area contributed by atoms with Crippen LogP contribution in [0.5, 0.6) is 0 Å². The molecule has 76 valence electrons. The number of rotatable bonds is 5. The number of aromatic nitrogens is 2. The average molecular weight is 194 g/mol. The first-order valence-electron chi connectivity index (χ1n) is 4.63. The highest BCUT2D eigenvalue weighted by molar-refractivity contribution is 5.79. The lowest BCUT2D eigenvalue weighted by atomic mass is 10.2. The molecule has 0 bridgehead atoms. The molecule has 0 aromatic carbocycles. The van der Waals surface area contributed by atoms with Crippen molar-refractivity contribution >= 4 is 5.97 Å². The summed E-state index contributed by atoms with van der Waals surface area (Å²) >= 11 is 0. The summed E-state index contributed by atoms with van der Waals surface area (Å²) in [5.74, 6) is -0.894. The fraction of sp³-hybridized carbons (Fsp3) is 0.400. The Balaban J connectivity index is 2.34. The molecule has 0 amide bonds. The Bertz CT molecular complexity index is 329. The zero-order valence-electron chi connectivity index (χ0n) is 8.18. The third-order valence-corrected chi connectivity index (χ3v) is 1.87. The largest absolute Gasteiger partial charge is 0.478 e. The molecular weight excluding hydrogens is 180 g/mol. The first-order valence-corrected chi connectivity index (χ1v) is 4.63. The molecule has 1 aromatic rings. The smallest absolute Gasteiger partial charge is 0.327 e. The predicted octanol–water partition coefficient (Wildman–Crippen LogP) is 1.48. The van der Waals surface area contributed by atoms with Gasteiger partial charge in [0.05, 0.1) is 6.20 Å². The lowest BCUT2D eigenvalue weighted by Gasteiger charge is -1.91. The van der Waals surface area contributed by atoms with Gasteiger partial charge in [0.1, 0.15) is 0 Å². The van der Waals surface area contributed by atoms with Gasteiger partial charge in [-0.05, 0) is 25.3 Å². The van der Waals surface area contributed by atoms with Crippen molar-refractivity contribution in [2.75, 3.05) is 0 Å². The quantitative estimate of drug-likeness (QED) is 0.722. The minimum absolute atomic E-state index is 0.738. The van der Waals surface area contributed by atoms with Crippen molar-refractivity contribution in [3.63, 3.8) is 0 Å². The van der Waals surface area contributed by atoms with Gasteiger partial charge in [-0.3, -0.25) is 4.68 Å². The molecule has 0 aliphatic heterocycles. The second-order valence-corrected chi connectivity index (χ2v) is 2.98. The van der Waals surface area contributed by atoms with Crippen molar-refractivity contribution in [2.24, 2.45) is 0 Å². The van der Waals surface area contributed by atoms with E-state index in [1.54, 1.807) is 6.08 Å². The number of allylic oxidation sites excluding steroid dienone is 1. The molecule has 1 heterocycles. The summed E-state index contributed by atoms with van der Waals surface area (Å²) in [5.41, 5.74) is 1.14. The van der Waals surface area contributed by atoms with Gasteiger partial charge in [-0.15, -0.1) is 0 Å². The second-order valence-electron chi connectivity index (χ2n) is 2.98. The highest BCUT2D eigenvalue weighted by atomic mass is 16.4. The van der Waals surface area contributed by atoms with Crippen LogP contribution in [0, 0.1) is 0 Å². The Hall–Kier alpha value is -1.58. The molecule has 1 aromatic heterocycles. The number of carboxylic acid groups (broad SMARTS) is 1. The van der Waals surface area contributed by atoms with E-state index >= 15 is 0 Å². The molecule has 0 aliphatic rings. The minimum atomic E-state index is -0.894. The van der Waals surface area contributed by atoms with Gasteiger partial charge in [-0.2, -0.15) is 5.10 Å². The summed E-state index contributed by atoms with van der Waals surface area (Å²) in [6.45, 7) is 2.89. The standard InChI is InChI=1S/C10H14N2O2/c1-2-12-8-9(7-11-12)5-3-4-6-10(13)14/h4,6-8H,2-3,5H2,1H3,(H,13,14). The van der Waals surface area contributed by atoms with Crippen molar-refractivity contribution in [2.45, 2.75) is 26.3 Å².